The van der Waals surface area contributed by atoms with E-state index < -0.39 is 0 Å². The average molecular weight is 212 g/mol. The van der Waals surface area contributed by atoms with Crippen molar-refractivity contribution in [1.29, 1.82) is 0 Å². The van der Waals surface area contributed by atoms with Gasteiger partial charge in [0.25, 0.3) is 0 Å². The number of nitrogens with two attached hydrogens (primary N) is 1. The molecular formula is C12H24N2O. The zero-order chi connectivity index (χ0) is 10.7. The van der Waals surface area contributed by atoms with Crippen LogP contribution in [0.15, 0.2) is 0 Å². The van der Waals surface area contributed by atoms with E-state index in [2.05, 4.69) is 5.32 Å². The minimum absolute atomic E-state index is 0.0367. The van der Waals surface area contributed by atoms with E-state index >= 15 is 0 Å². The van der Waals surface area contributed by atoms with Crippen molar-refractivity contribution in [2.45, 2.75) is 63.1 Å². The third-order valence-electron chi connectivity index (χ3n) is 3.92. The lowest BCUT2D eigenvalue weighted by Crippen LogP contribution is -2.41. The lowest BCUT2D eigenvalue weighted by molar-refractivity contribution is 0.176. The van der Waals surface area contributed by atoms with E-state index in [-0.39, 0.29) is 6.10 Å². The predicted octanol–water partition coefficient (Wildman–Crippen LogP) is 1.01. The van der Waals surface area contributed by atoms with Crippen molar-refractivity contribution in [2.24, 2.45) is 11.7 Å². The molecule has 2 aliphatic rings. The molecule has 3 nitrogen and oxygen atoms in total. The first-order chi connectivity index (χ1) is 7.24. The smallest absolute Gasteiger partial charge is 0.0543 e. The van der Waals surface area contributed by atoms with Gasteiger partial charge < -0.3 is 16.2 Å². The van der Waals surface area contributed by atoms with Gasteiger partial charge in [-0.3, -0.25) is 0 Å². The fraction of sp³-hybridized carbons (Fsp3) is 1.00. The van der Waals surface area contributed by atoms with Crippen molar-refractivity contribution in [3.8, 4) is 0 Å². The van der Waals surface area contributed by atoms with E-state index in [9.17, 15) is 5.11 Å². The molecule has 3 heteroatoms. The normalized spacial score (nSPS) is 42.0. The fourth-order valence-corrected chi connectivity index (χ4v) is 2.98. The molecule has 15 heavy (non-hydrogen) atoms. The molecule has 0 saturated heterocycles. The van der Waals surface area contributed by atoms with E-state index in [0.717, 1.165) is 25.8 Å². The largest absolute Gasteiger partial charge is 0.393 e. The Morgan fingerprint density at radius 3 is 2.67 bits per heavy atom. The molecule has 0 radical (unpaired) electrons. The number of rotatable bonds is 3. The molecular weight excluding hydrogens is 188 g/mol. The molecule has 2 fully saturated rings. The molecule has 0 heterocycles. The minimum atomic E-state index is -0.0367. The number of hydrogen-bond acceptors (Lipinski definition) is 3. The standard InChI is InChI=1S/C12H24N2O/c13-10-2-1-3-11(7-10)14-8-9-4-5-12(15)6-9/h9-12,14-15H,1-8,13H2. The first kappa shape index (κ1) is 11.4. The van der Waals surface area contributed by atoms with Crippen LogP contribution in [0.5, 0.6) is 0 Å². The van der Waals surface area contributed by atoms with Crippen molar-refractivity contribution in [2.75, 3.05) is 6.54 Å². The molecule has 0 spiro atoms. The van der Waals surface area contributed by atoms with Gasteiger partial charge in [0.2, 0.25) is 0 Å². The summed E-state index contributed by atoms with van der Waals surface area (Å²) in [5.74, 6) is 0.693. The van der Waals surface area contributed by atoms with Crippen LogP contribution in [0.3, 0.4) is 0 Å². The van der Waals surface area contributed by atoms with Crippen LogP contribution in [-0.2, 0) is 0 Å². The number of nitrogens with one attached hydrogen (secondary N) is 1. The highest BCUT2D eigenvalue weighted by atomic mass is 16.3. The van der Waals surface area contributed by atoms with Gasteiger partial charge in [-0.2, -0.15) is 0 Å². The Morgan fingerprint density at radius 1 is 1.13 bits per heavy atom. The van der Waals surface area contributed by atoms with Crippen LogP contribution in [0.25, 0.3) is 0 Å². The highest BCUT2D eigenvalue weighted by Gasteiger charge is 2.24. The third kappa shape index (κ3) is 3.44. The van der Waals surface area contributed by atoms with Gasteiger partial charge in [0, 0.05) is 12.1 Å². The molecule has 4 N–H and O–H groups in total. The van der Waals surface area contributed by atoms with E-state index in [0.29, 0.717) is 18.0 Å². The minimum Gasteiger partial charge on any atom is -0.393 e. The maximum absolute atomic E-state index is 9.43. The second-order valence-electron chi connectivity index (χ2n) is 5.36. The molecule has 4 atom stereocenters. The number of hydrogen-bond donors (Lipinski definition) is 3. The van der Waals surface area contributed by atoms with Gasteiger partial charge in [-0.15, -0.1) is 0 Å². The molecule has 0 aromatic rings. The van der Waals surface area contributed by atoms with Crippen molar-refractivity contribution < 1.29 is 5.11 Å². The molecule has 0 aromatic carbocycles. The zero-order valence-corrected chi connectivity index (χ0v) is 9.49. The van der Waals surface area contributed by atoms with Crippen LogP contribution in [0.2, 0.25) is 0 Å². The van der Waals surface area contributed by atoms with Crippen molar-refractivity contribution >= 4 is 0 Å². The Kier molecular flexibility index (Phi) is 4.00. The molecule has 88 valence electrons. The van der Waals surface area contributed by atoms with E-state index in [4.69, 9.17) is 5.73 Å². The summed E-state index contributed by atoms with van der Waals surface area (Å²) in [6.07, 6.45) is 8.02. The summed E-state index contributed by atoms with van der Waals surface area (Å²) in [6.45, 7) is 1.08. The predicted molar refractivity (Wildman–Crippen MR) is 61.6 cm³/mol. The topological polar surface area (TPSA) is 58.3 Å². The van der Waals surface area contributed by atoms with Gasteiger partial charge in [-0.05, 0) is 51.0 Å². The molecule has 2 rings (SSSR count). The molecule has 0 aliphatic heterocycles. The van der Waals surface area contributed by atoms with E-state index in [1.165, 1.54) is 25.7 Å². The summed E-state index contributed by atoms with van der Waals surface area (Å²) < 4.78 is 0. The van der Waals surface area contributed by atoms with Crippen LogP contribution in [0, 0.1) is 5.92 Å². The summed E-state index contributed by atoms with van der Waals surface area (Å²) in [5, 5.41) is 13.1. The summed E-state index contributed by atoms with van der Waals surface area (Å²) in [4.78, 5) is 0. The van der Waals surface area contributed by atoms with E-state index in [1.807, 2.05) is 0 Å². The SMILES string of the molecule is NC1CCCC(NCC2CCC(O)C2)C1. The Labute approximate surface area is 92.4 Å². The summed E-state index contributed by atoms with van der Waals surface area (Å²) in [6, 6.07) is 1.04. The van der Waals surface area contributed by atoms with Crippen molar-refractivity contribution in [1.82, 2.24) is 5.32 Å². The summed E-state index contributed by atoms with van der Waals surface area (Å²) in [7, 11) is 0. The lowest BCUT2D eigenvalue weighted by atomic mass is 9.91. The van der Waals surface area contributed by atoms with Gasteiger partial charge in [0.15, 0.2) is 0 Å². The monoisotopic (exact) mass is 212 g/mol. The Morgan fingerprint density at radius 2 is 2.00 bits per heavy atom. The van der Waals surface area contributed by atoms with Crippen LogP contribution in [0.4, 0.5) is 0 Å². The first-order valence-corrected chi connectivity index (χ1v) is 6.41. The molecule has 0 aromatic heterocycles. The van der Waals surface area contributed by atoms with Gasteiger partial charge >= 0.3 is 0 Å². The Hall–Kier alpha value is -0.120. The van der Waals surface area contributed by atoms with Crippen LogP contribution in [-0.4, -0.2) is 29.8 Å². The quantitative estimate of drug-likeness (QED) is 0.654. The molecule has 0 bridgehead atoms. The van der Waals surface area contributed by atoms with Gasteiger partial charge in [0.05, 0.1) is 6.10 Å². The van der Waals surface area contributed by atoms with E-state index in [1.54, 1.807) is 0 Å². The van der Waals surface area contributed by atoms with Gasteiger partial charge in [-0.1, -0.05) is 6.42 Å². The summed E-state index contributed by atoms with van der Waals surface area (Å²) >= 11 is 0. The lowest BCUT2D eigenvalue weighted by Gasteiger charge is -2.28. The van der Waals surface area contributed by atoms with Crippen LogP contribution >= 0.6 is 0 Å². The molecule has 4 unspecified atom stereocenters. The Bertz CT molecular complexity index is 198. The third-order valence-corrected chi connectivity index (χ3v) is 3.92. The average Bonchev–Trinajstić information content (AvgIpc) is 2.62. The van der Waals surface area contributed by atoms with Crippen LogP contribution in [0.1, 0.15) is 44.9 Å². The first-order valence-electron chi connectivity index (χ1n) is 6.41. The summed E-state index contributed by atoms with van der Waals surface area (Å²) in [5.41, 5.74) is 5.95. The maximum atomic E-state index is 9.43. The number of aliphatic hydroxyl groups is 1. The number of aliphatic hydroxyl groups excluding tert-OH is 1. The second-order valence-corrected chi connectivity index (χ2v) is 5.36. The van der Waals surface area contributed by atoms with Crippen molar-refractivity contribution in [3.63, 3.8) is 0 Å². The second kappa shape index (κ2) is 5.28. The fourth-order valence-electron chi connectivity index (χ4n) is 2.98. The van der Waals surface area contributed by atoms with Gasteiger partial charge in [-0.25, -0.2) is 0 Å². The van der Waals surface area contributed by atoms with Crippen LogP contribution < -0.4 is 11.1 Å². The molecule has 2 aliphatic carbocycles. The highest BCUT2D eigenvalue weighted by Crippen LogP contribution is 2.25. The molecule has 2 saturated carbocycles. The van der Waals surface area contributed by atoms with Gasteiger partial charge in [0.1, 0.15) is 0 Å². The Balaban J connectivity index is 1.64. The molecule has 0 amide bonds. The maximum Gasteiger partial charge on any atom is 0.0543 e. The zero-order valence-electron chi connectivity index (χ0n) is 9.49. The van der Waals surface area contributed by atoms with Crippen molar-refractivity contribution in [3.05, 3.63) is 0 Å². The highest BCUT2D eigenvalue weighted by molar-refractivity contribution is 4.82.